The lowest BCUT2D eigenvalue weighted by Crippen LogP contribution is -2.54. The highest BCUT2D eigenvalue weighted by molar-refractivity contribution is 9.10. The van der Waals surface area contributed by atoms with Crippen LogP contribution >= 0.6 is 15.9 Å². The summed E-state index contributed by atoms with van der Waals surface area (Å²) >= 11 is 3.52. The molecule has 0 spiro atoms. The van der Waals surface area contributed by atoms with E-state index in [0.29, 0.717) is 11.3 Å². The second-order valence-electron chi connectivity index (χ2n) is 11.3. The number of halogens is 1. The fourth-order valence-corrected chi connectivity index (χ4v) is 6.95. The number of carbonyl (C=O) groups is 2. The van der Waals surface area contributed by atoms with Gasteiger partial charge >= 0.3 is 0 Å². The van der Waals surface area contributed by atoms with E-state index < -0.39 is 28.5 Å². The Morgan fingerprint density at radius 3 is 2.13 bits per heavy atom. The van der Waals surface area contributed by atoms with Crippen LogP contribution in [0, 0.1) is 13.8 Å². The summed E-state index contributed by atoms with van der Waals surface area (Å²) < 4.78 is 30.4. The van der Waals surface area contributed by atoms with E-state index in [0.717, 1.165) is 31.9 Å². The largest absolute Gasteiger partial charge is 0.352 e. The molecule has 1 N–H and O–H groups in total. The molecule has 0 aliphatic rings. The quantitative estimate of drug-likeness (QED) is 0.167. The van der Waals surface area contributed by atoms with E-state index >= 15 is 0 Å². The van der Waals surface area contributed by atoms with Crippen molar-refractivity contribution in [3.05, 3.63) is 130 Å². The second kappa shape index (κ2) is 15.4. The van der Waals surface area contributed by atoms with Crippen molar-refractivity contribution < 1.29 is 18.0 Å². The van der Waals surface area contributed by atoms with Gasteiger partial charge in [-0.05, 0) is 74.2 Å². The molecular weight excluding hydrogens is 650 g/mol. The van der Waals surface area contributed by atoms with Crippen molar-refractivity contribution in [1.29, 1.82) is 0 Å². The van der Waals surface area contributed by atoms with Crippen LogP contribution in [-0.2, 0) is 32.6 Å². The van der Waals surface area contributed by atoms with Gasteiger partial charge in [0.15, 0.2) is 0 Å². The molecule has 2 atom stereocenters. The van der Waals surface area contributed by atoms with Gasteiger partial charge in [-0.2, -0.15) is 0 Å². The number of nitrogens with one attached hydrogen (secondary N) is 1. The fraction of sp³-hybridized carbons (Fsp3) is 0.278. The molecule has 0 bridgehead atoms. The molecule has 45 heavy (non-hydrogen) atoms. The van der Waals surface area contributed by atoms with Gasteiger partial charge in [0.2, 0.25) is 11.8 Å². The predicted molar refractivity (Wildman–Crippen MR) is 183 cm³/mol. The minimum Gasteiger partial charge on any atom is -0.352 e. The molecule has 236 valence electrons. The standard InChI is InChI=1S/C36H40BrN3O4S/c1-5-28(4)38-36(42)34(23-29-13-7-6-8-14-29)39(24-30-15-11-16-31(37)22-30)35(41)25-40(33-17-10-9-12-27(33)3)45(43,44)32-20-18-26(2)19-21-32/h6-22,28,34H,5,23-25H2,1-4H3,(H,38,42). The Labute approximate surface area is 275 Å². The summed E-state index contributed by atoms with van der Waals surface area (Å²) in [5, 5.41) is 3.06. The van der Waals surface area contributed by atoms with E-state index in [4.69, 9.17) is 0 Å². The number of benzene rings is 4. The van der Waals surface area contributed by atoms with Crippen molar-refractivity contribution in [3.8, 4) is 0 Å². The maximum absolute atomic E-state index is 14.6. The molecule has 2 unspecified atom stereocenters. The first kappa shape index (κ1) is 33.9. The lowest BCUT2D eigenvalue weighted by molar-refractivity contribution is -0.140. The molecule has 0 radical (unpaired) electrons. The summed E-state index contributed by atoms with van der Waals surface area (Å²) in [6.07, 6.45) is 0.983. The average molecular weight is 691 g/mol. The molecule has 0 aliphatic carbocycles. The third-order valence-corrected chi connectivity index (χ3v) is 10.1. The summed E-state index contributed by atoms with van der Waals surface area (Å²) in [6, 6.07) is 29.8. The van der Waals surface area contributed by atoms with Gasteiger partial charge in [0.05, 0.1) is 10.6 Å². The number of rotatable bonds is 13. The van der Waals surface area contributed by atoms with Gasteiger partial charge in [0.1, 0.15) is 12.6 Å². The van der Waals surface area contributed by atoms with Crippen LogP contribution in [0.15, 0.2) is 112 Å². The highest BCUT2D eigenvalue weighted by Crippen LogP contribution is 2.28. The molecule has 4 aromatic rings. The number of aryl methyl sites for hydroxylation is 2. The molecule has 9 heteroatoms. The van der Waals surface area contributed by atoms with E-state index in [-0.39, 0.29) is 29.8 Å². The van der Waals surface area contributed by atoms with Crippen LogP contribution in [0.5, 0.6) is 0 Å². The van der Waals surface area contributed by atoms with Gasteiger partial charge in [-0.3, -0.25) is 13.9 Å². The minimum atomic E-state index is -4.15. The zero-order valence-corrected chi connectivity index (χ0v) is 28.5. The summed E-state index contributed by atoms with van der Waals surface area (Å²) in [4.78, 5) is 30.1. The van der Waals surface area contributed by atoms with Crippen LogP contribution in [-0.4, -0.2) is 43.8 Å². The second-order valence-corrected chi connectivity index (χ2v) is 14.1. The number of carbonyl (C=O) groups excluding carboxylic acids is 2. The number of hydrogen-bond donors (Lipinski definition) is 1. The van der Waals surface area contributed by atoms with Crippen molar-refractivity contribution in [2.45, 2.75) is 64.1 Å². The van der Waals surface area contributed by atoms with Crippen molar-refractivity contribution in [2.24, 2.45) is 0 Å². The van der Waals surface area contributed by atoms with Gasteiger partial charge in [0, 0.05) is 23.5 Å². The van der Waals surface area contributed by atoms with Crippen LogP contribution in [0.2, 0.25) is 0 Å². The monoisotopic (exact) mass is 689 g/mol. The first-order valence-electron chi connectivity index (χ1n) is 15.0. The third kappa shape index (κ3) is 8.83. The molecule has 0 heterocycles. The molecule has 0 aromatic heterocycles. The molecule has 0 saturated carbocycles. The molecule has 4 aromatic carbocycles. The average Bonchev–Trinajstić information content (AvgIpc) is 3.02. The molecule has 7 nitrogen and oxygen atoms in total. The van der Waals surface area contributed by atoms with E-state index in [1.165, 1.54) is 4.90 Å². The Bertz CT molecular complexity index is 1710. The normalized spacial score (nSPS) is 12.6. The smallest absolute Gasteiger partial charge is 0.264 e. The Kier molecular flexibility index (Phi) is 11.6. The van der Waals surface area contributed by atoms with Crippen molar-refractivity contribution in [2.75, 3.05) is 10.8 Å². The number of sulfonamides is 1. The molecule has 2 amide bonds. The summed E-state index contributed by atoms with van der Waals surface area (Å²) in [6.45, 7) is 7.22. The highest BCUT2D eigenvalue weighted by Gasteiger charge is 2.35. The van der Waals surface area contributed by atoms with Crippen LogP contribution in [0.3, 0.4) is 0 Å². The molecule has 0 saturated heterocycles. The first-order valence-corrected chi connectivity index (χ1v) is 17.3. The lowest BCUT2D eigenvalue weighted by atomic mass is 10.0. The molecular formula is C36H40BrN3O4S. The molecule has 4 rings (SSSR count). The van der Waals surface area contributed by atoms with Crippen molar-refractivity contribution in [3.63, 3.8) is 0 Å². The van der Waals surface area contributed by atoms with Gasteiger partial charge in [-0.1, -0.05) is 101 Å². The Morgan fingerprint density at radius 1 is 0.844 bits per heavy atom. The van der Waals surface area contributed by atoms with Crippen LogP contribution in [0.1, 0.15) is 42.5 Å². The predicted octanol–water partition coefficient (Wildman–Crippen LogP) is 6.82. The summed E-state index contributed by atoms with van der Waals surface area (Å²) in [5.41, 5.74) is 3.71. The number of para-hydroxylation sites is 1. The van der Waals surface area contributed by atoms with E-state index in [1.54, 1.807) is 36.4 Å². The van der Waals surface area contributed by atoms with E-state index in [9.17, 15) is 18.0 Å². The number of nitrogens with zero attached hydrogens (tertiary/aromatic N) is 2. The number of anilines is 1. The van der Waals surface area contributed by atoms with Crippen molar-refractivity contribution in [1.82, 2.24) is 10.2 Å². The van der Waals surface area contributed by atoms with Crippen molar-refractivity contribution >= 4 is 43.5 Å². The SMILES string of the molecule is CCC(C)NC(=O)C(Cc1ccccc1)N(Cc1cccc(Br)c1)C(=O)CN(c1ccccc1C)S(=O)(=O)c1ccc(C)cc1. The molecule has 0 fully saturated rings. The Balaban J connectivity index is 1.82. The zero-order valence-electron chi connectivity index (χ0n) is 26.1. The Morgan fingerprint density at radius 2 is 1.49 bits per heavy atom. The van der Waals surface area contributed by atoms with Gasteiger partial charge in [-0.15, -0.1) is 0 Å². The first-order chi connectivity index (χ1) is 21.5. The van der Waals surface area contributed by atoms with E-state index in [1.807, 2.05) is 94.4 Å². The summed E-state index contributed by atoms with van der Waals surface area (Å²) in [5.74, 6) is -0.783. The number of amides is 2. The number of hydrogen-bond acceptors (Lipinski definition) is 4. The van der Waals surface area contributed by atoms with E-state index in [2.05, 4.69) is 21.2 Å². The van der Waals surface area contributed by atoms with Gasteiger partial charge < -0.3 is 10.2 Å². The minimum absolute atomic E-state index is 0.0815. The van der Waals surface area contributed by atoms with Gasteiger partial charge in [-0.25, -0.2) is 8.42 Å². The van der Waals surface area contributed by atoms with Crippen LogP contribution in [0.4, 0.5) is 5.69 Å². The lowest BCUT2D eigenvalue weighted by Gasteiger charge is -2.34. The zero-order chi connectivity index (χ0) is 32.6. The van der Waals surface area contributed by atoms with Gasteiger partial charge in [0.25, 0.3) is 10.0 Å². The maximum Gasteiger partial charge on any atom is 0.264 e. The van der Waals surface area contributed by atoms with Crippen LogP contribution in [0.25, 0.3) is 0 Å². The maximum atomic E-state index is 14.6. The Hall–Kier alpha value is -3.95. The third-order valence-electron chi connectivity index (χ3n) is 7.79. The topological polar surface area (TPSA) is 86.8 Å². The van der Waals surface area contributed by atoms with Crippen LogP contribution < -0.4 is 9.62 Å². The fourth-order valence-electron chi connectivity index (χ4n) is 5.02. The summed E-state index contributed by atoms with van der Waals surface area (Å²) in [7, 11) is -4.15. The molecule has 0 aliphatic heterocycles. The highest BCUT2D eigenvalue weighted by atomic mass is 79.9.